The van der Waals surface area contributed by atoms with Crippen molar-refractivity contribution in [2.75, 3.05) is 0 Å². The average molecular weight is 284 g/mol. The molecule has 0 amide bonds. The molecular weight excluding hydrogens is 268 g/mol. The minimum absolute atomic E-state index is 0.174. The Morgan fingerprint density at radius 3 is 1.91 bits per heavy atom. The summed E-state index contributed by atoms with van der Waals surface area (Å²) in [5.74, 6) is 0.174. The quantitative estimate of drug-likeness (QED) is 0.624. The standard InChI is InChI=1S/C21H16O/c1-21(15-9-3-2-4-10-15)19-14-8-7-12-17(19)16-11-5-6-13-18(16)20(21)22/h2-14H,1H3/t21-/m1/s1. The molecule has 1 heteroatoms. The van der Waals surface area contributed by atoms with E-state index in [1.165, 1.54) is 0 Å². The van der Waals surface area contributed by atoms with Crippen molar-refractivity contribution >= 4 is 5.78 Å². The van der Waals surface area contributed by atoms with Crippen LogP contribution >= 0.6 is 0 Å². The molecule has 1 aliphatic rings. The molecule has 0 aromatic heterocycles. The van der Waals surface area contributed by atoms with Crippen molar-refractivity contribution in [1.82, 2.24) is 0 Å². The number of rotatable bonds is 1. The van der Waals surface area contributed by atoms with Gasteiger partial charge in [0.25, 0.3) is 0 Å². The molecule has 0 aliphatic heterocycles. The van der Waals surface area contributed by atoms with Crippen molar-refractivity contribution in [2.45, 2.75) is 12.3 Å². The van der Waals surface area contributed by atoms with Gasteiger partial charge in [-0.3, -0.25) is 4.79 Å². The topological polar surface area (TPSA) is 17.1 Å². The largest absolute Gasteiger partial charge is 0.293 e. The van der Waals surface area contributed by atoms with Gasteiger partial charge in [0.1, 0.15) is 0 Å². The second-order valence-electron chi connectivity index (χ2n) is 5.91. The molecule has 106 valence electrons. The maximum atomic E-state index is 13.3. The number of benzene rings is 3. The summed E-state index contributed by atoms with van der Waals surface area (Å²) in [6, 6.07) is 26.2. The first-order valence-corrected chi connectivity index (χ1v) is 7.52. The number of carbonyl (C=O) groups is 1. The van der Waals surface area contributed by atoms with Gasteiger partial charge in [-0.1, -0.05) is 78.9 Å². The van der Waals surface area contributed by atoms with Crippen LogP contribution in [0.5, 0.6) is 0 Å². The number of hydrogen-bond donors (Lipinski definition) is 0. The molecule has 0 heterocycles. The molecule has 0 fully saturated rings. The van der Waals surface area contributed by atoms with E-state index in [9.17, 15) is 4.79 Å². The Morgan fingerprint density at radius 1 is 0.636 bits per heavy atom. The predicted octanol–water partition coefficient (Wildman–Crippen LogP) is 4.86. The number of carbonyl (C=O) groups excluding carboxylic acids is 1. The maximum absolute atomic E-state index is 13.3. The van der Waals surface area contributed by atoms with Gasteiger partial charge in [-0.05, 0) is 29.2 Å². The second-order valence-corrected chi connectivity index (χ2v) is 5.91. The summed E-state index contributed by atoms with van der Waals surface area (Å²) in [6.07, 6.45) is 0. The van der Waals surface area contributed by atoms with Crippen LogP contribution in [0.4, 0.5) is 0 Å². The first-order chi connectivity index (χ1) is 10.7. The van der Waals surface area contributed by atoms with Crippen LogP contribution in [-0.2, 0) is 5.41 Å². The summed E-state index contributed by atoms with van der Waals surface area (Å²) in [7, 11) is 0. The fourth-order valence-electron chi connectivity index (χ4n) is 3.52. The summed E-state index contributed by atoms with van der Waals surface area (Å²) in [5, 5.41) is 0. The molecular formula is C21H16O. The Bertz CT molecular complexity index is 864. The number of fused-ring (bicyclic) bond motifs is 3. The van der Waals surface area contributed by atoms with Gasteiger partial charge < -0.3 is 0 Å². The summed E-state index contributed by atoms with van der Waals surface area (Å²) in [4.78, 5) is 13.3. The predicted molar refractivity (Wildman–Crippen MR) is 89.1 cm³/mol. The Labute approximate surface area is 130 Å². The Hall–Kier alpha value is -2.67. The zero-order valence-electron chi connectivity index (χ0n) is 12.4. The van der Waals surface area contributed by atoms with Gasteiger partial charge in [0.05, 0.1) is 5.41 Å². The SMILES string of the molecule is C[C@]1(c2ccccc2)C(=O)c2ccccc2-c2ccccc21. The van der Waals surface area contributed by atoms with E-state index in [1.54, 1.807) is 0 Å². The zero-order valence-corrected chi connectivity index (χ0v) is 12.4. The minimum Gasteiger partial charge on any atom is -0.293 e. The van der Waals surface area contributed by atoms with E-state index in [2.05, 4.69) is 12.1 Å². The minimum atomic E-state index is -0.633. The molecule has 1 nitrogen and oxygen atoms in total. The number of ketones is 1. The van der Waals surface area contributed by atoms with Crippen LogP contribution < -0.4 is 0 Å². The molecule has 0 unspecified atom stereocenters. The van der Waals surface area contributed by atoms with Crippen molar-refractivity contribution in [3.63, 3.8) is 0 Å². The number of hydrogen-bond acceptors (Lipinski definition) is 1. The first kappa shape index (κ1) is 13.0. The average Bonchev–Trinajstić information content (AvgIpc) is 2.60. The molecule has 0 saturated heterocycles. The summed E-state index contributed by atoms with van der Waals surface area (Å²) >= 11 is 0. The van der Waals surface area contributed by atoms with E-state index in [0.717, 1.165) is 27.8 Å². The molecule has 1 aliphatic carbocycles. The van der Waals surface area contributed by atoms with Crippen molar-refractivity contribution in [2.24, 2.45) is 0 Å². The number of Topliss-reactive ketones (excluding diaryl/α,β-unsaturated/α-hetero) is 1. The van der Waals surface area contributed by atoms with Crippen LogP contribution in [0.3, 0.4) is 0 Å². The van der Waals surface area contributed by atoms with Crippen LogP contribution in [0, 0.1) is 0 Å². The van der Waals surface area contributed by atoms with Crippen molar-refractivity contribution in [3.05, 3.63) is 95.6 Å². The van der Waals surface area contributed by atoms with Crippen LogP contribution in [0.25, 0.3) is 11.1 Å². The summed E-state index contributed by atoms with van der Waals surface area (Å²) in [5.41, 5.74) is 4.51. The van der Waals surface area contributed by atoms with Gasteiger partial charge in [0.15, 0.2) is 5.78 Å². The lowest BCUT2D eigenvalue weighted by Gasteiger charge is -2.36. The third-order valence-electron chi connectivity index (χ3n) is 4.73. The highest BCUT2D eigenvalue weighted by atomic mass is 16.1. The molecule has 0 N–H and O–H groups in total. The van der Waals surface area contributed by atoms with Crippen molar-refractivity contribution in [1.29, 1.82) is 0 Å². The highest BCUT2D eigenvalue weighted by molar-refractivity contribution is 6.14. The molecule has 0 saturated carbocycles. The van der Waals surface area contributed by atoms with Gasteiger partial charge in [-0.15, -0.1) is 0 Å². The van der Waals surface area contributed by atoms with Gasteiger partial charge in [-0.25, -0.2) is 0 Å². The Morgan fingerprint density at radius 2 is 1.18 bits per heavy atom. The maximum Gasteiger partial charge on any atom is 0.178 e. The van der Waals surface area contributed by atoms with Crippen molar-refractivity contribution < 1.29 is 4.79 Å². The van der Waals surface area contributed by atoms with E-state index in [-0.39, 0.29) is 5.78 Å². The van der Waals surface area contributed by atoms with Gasteiger partial charge in [-0.2, -0.15) is 0 Å². The Balaban J connectivity index is 2.09. The van der Waals surface area contributed by atoms with Gasteiger partial charge in [0.2, 0.25) is 0 Å². The van der Waals surface area contributed by atoms with E-state index in [0.29, 0.717) is 0 Å². The van der Waals surface area contributed by atoms with E-state index >= 15 is 0 Å². The first-order valence-electron chi connectivity index (χ1n) is 7.52. The molecule has 0 spiro atoms. The monoisotopic (exact) mass is 284 g/mol. The van der Waals surface area contributed by atoms with Gasteiger partial charge in [0, 0.05) is 5.56 Å². The fourth-order valence-corrected chi connectivity index (χ4v) is 3.52. The van der Waals surface area contributed by atoms with E-state index in [1.807, 2.05) is 73.7 Å². The van der Waals surface area contributed by atoms with Gasteiger partial charge >= 0.3 is 0 Å². The summed E-state index contributed by atoms with van der Waals surface area (Å²) in [6.45, 7) is 2.04. The molecule has 0 radical (unpaired) electrons. The third-order valence-corrected chi connectivity index (χ3v) is 4.73. The highest BCUT2D eigenvalue weighted by Crippen LogP contribution is 2.46. The van der Waals surface area contributed by atoms with E-state index < -0.39 is 5.41 Å². The molecule has 1 atom stereocenters. The van der Waals surface area contributed by atoms with E-state index in [4.69, 9.17) is 0 Å². The highest BCUT2D eigenvalue weighted by Gasteiger charge is 2.43. The molecule has 22 heavy (non-hydrogen) atoms. The smallest absolute Gasteiger partial charge is 0.178 e. The van der Waals surface area contributed by atoms with Crippen molar-refractivity contribution in [3.8, 4) is 11.1 Å². The van der Waals surface area contributed by atoms with Crippen LogP contribution in [0.1, 0.15) is 28.4 Å². The normalized spacial score (nSPS) is 19.4. The second kappa shape index (κ2) is 4.67. The lowest BCUT2D eigenvalue weighted by molar-refractivity contribution is 0.0921. The summed E-state index contributed by atoms with van der Waals surface area (Å²) < 4.78 is 0. The fraction of sp³-hybridized carbons (Fsp3) is 0.0952. The molecule has 4 rings (SSSR count). The zero-order chi connectivity index (χ0) is 15.2. The Kier molecular flexibility index (Phi) is 2.77. The third kappa shape index (κ3) is 1.62. The molecule has 3 aromatic rings. The van der Waals surface area contributed by atoms with Crippen LogP contribution in [0.2, 0.25) is 0 Å². The lowest BCUT2D eigenvalue weighted by atomic mass is 9.64. The van der Waals surface area contributed by atoms with Crippen LogP contribution in [-0.4, -0.2) is 5.78 Å². The van der Waals surface area contributed by atoms with Crippen LogP contribution in [0.15, 0.2) is 78.9 Å². The lowest BCUT2D eigenvalue weighted by Crippen LogP contribution is -2.37. The molecule has 0 bridgehead atoms. The molecule has 3 aromatic carbocycles.